The molecule has 1 aromatic carbocycles. The fourth-order valence-corrected chi connectivity index (χ4v) is 1.97. The highest BCUT2D eigenvalue weighted by atomic mass is 35.5. The molecule has 1 rings (SSSR count). The number of hydrogen-bond acceptors (Lipinski definition) is 1. The molecular weight excluding hydrogens is 250 g/mol. The van der Waals surface area contributed by atoms with Gasteiger partial charge in [-0.1, -0.05) is 23.2 Å². The summed E-state index contributed by atoms with van der Waals surface area (Å²) in [4.78, 5) is 0. The molecule has 0 radical (unpaired) electrons. The molecule has 0 saturated heterocycles. The molecular formula is C12H11Cl2FO. The lowest BCUT2D eigenvalue weighted by Crippen LogP contribution is -2.21. The van der Waals surface area contributed by atoms with Crippen LogP contribution in [0.2, 0.25) is 10.0 Å². The van der Waals surface area contributed by atoms with Crippen LogP contribution in [0.25, 0.3) is 0 Å². The zero-order valence-electron chi connectivity index (χ0n) is 8.73. The summed E-state index contributed by atoms with van der Waals surface area (Å²) >= 11 is 11.5. The van der Waals surface area contributed by atoms with E-state index in [0.717, 1.165) is 6.07 Å². The molecule has 4 heteroatoms. The molecule has 0 saturated carbocycles. The van der Waals surface area contributed by atoms with Gasteiger partial charge < -0.3 is 5.11 Å². The molecule has 1 atom stereocenters. The Hall–Kier alpha value is -0.750. The summed E-state index contributed by atoms with van der Waals surface area (Å²) < 4.78 is 13.3. The quantitative estimate of drug-likeness (QED) is 0.649. The lowest BCUT2D eigenvalue weighted by molar-refractivity contribution is 0.0492. The Morgan fingerprint density at radius 2 is 2.06 bits per heavy atom. The van der Waals surface area contributed by atoms with Gasteiger partial charge in [-0.05, 0) is 25.5 Å². The number of halogens is 3. The van der Waals surface area contributed by atoms with Gasteiger partial charge in [-0.2, -0.15) is 0 Å². The van der Waals surface area contributed by atoms with Crippen LogP contribution in [0.1, 0.15) is 25.3 Å². The second-order valence-corrected chi connectivity index (χ2v) is 4.54. The first-order valence-corrected chi connectivity index (χ1v) is 5.45. The van der Waals surface area contributed by atoms with Gasteiger partial charge in [-0.25, -0.2) is 4.39 Å². The molecule has 1 N–H and O–H groups in total. The van der Waals surface area contributed by atoms with Crippen molar-refractivity contribution in [2.75, 3.05) is 0 Å². The van der Waals surface area contributed by atoms with E-state index in [-0.39, 0.29) is 10.0 Å². The first kappa shape index (κ1) is 13.3. The molecule has 0 aliphatic heterocycles. The Morgan fingerprint density at radius 1 is 1.44 bits per heavy atom. The summed E-state index contributed by atoms with van der Waals surface area (Å²) in [5.74, 6) is 1.81. The van der Waals surface area contributed by atoms with Crippen LogP contribution in [-0.2, 0) is 5.60 Å². The van der Waals surface area contributed by atoms with E-state index < -0.39 is 11.4 Å². The molecule has 0 aliphatic carbocycles. The van der Waals surface area contributed by atoms with Gasteiger partial charge in [0.05, 0.1) is 10.6 Å². The number of aliphatic hydroxyl groups is 1. The van der Waals surface area contributed by atoms with Crippen LogP contribution >= 0.6 is 23.2 Å². The molecule has 0 amide bonds. The molecule has 1 nitrogen and oxygen atoms in total. The summed E-state index contributed by atoms with van der Waals surface area (Å²) in [6.07, 6.45) is 5.81. The zero-order valence-corrected chi connectivity index (χ0v) is 10.2. The van der Waals surface area contributed by atoms with Crippen LogP contribution < -0.4 is 0 Å². The molecule has 0 aliphatic rings. The van der Waals surface area contributed by atoms with E-state index >= 15 is 0 Å². The minimum absolute atomic E-state index is 0.0681. The molecule has 16 heavy (non-hydrogen) atoms. The van der Waals surface area contributed by atoms with Gasteiger partial charge in [-0.3, -0.25) is 0 Å². The SMILES string of the molecule is C#CCCC(C)(O)c1cc(F)c(Cl)cc1Cl. The first-order valence-electron chi connectivity index (χ1n) is 4.69. The Labute approximate surface area is 104 Å². The minimum atomic E-state index is -1.26. The lowest BCUT2D eigenvalue weighted by atomic mass is 9.91. The Morgan fingerprint density at radius 3 is 2.62 bits per heavy atom. The number of benzene rings is 1. The van der Waals surface area contributed by atoms with Crippen molar-refractivity contribution in [3.05, 3.63) is 33.6 Å². The minimum Gasteiger partial charge on any atom is -0.385 e. The van der Waals surface area contributed by atoms with Gasteiger partial charge in [0.2, 0.25) is 0 Å². The van der Waals surface area contributed by atoms with E-state index in [1.807, 2.05) is 0 Å². The largest absolute Gasteiger partial charge is 0.385 e. The van der Waals surface area contributed by atoms with E-state index in [4.69, 9.17) is 29.6 Å². The standard InChI is InChI=1S/C12H11Cl2FO/c1-3-4-5-12(2,16)8-6-11(15)10(14)7-9(8)13/h1,6-7,16H,4-5H2,2H3. The number of hydrogen-bond donors (Lipinski definition) is 1. The highest BCUT2D eigenvalue weighted by Gasteiger charge is 2.26. The summed E-state index contributed by atoms with van der Waals surface area (Å²) in [5, 5.41) is 10.3. The maximum Gasteiger partial charge on any atom is 0.142 e. The first-order chi connectivity index (χ1) is 7.38. The van der Waals surface area contributed by atoms with Crippen molar-refractivity contribution in [2.45, 2.75) is 25.4 Å². The predicted molar refractivity (Wildman–Crippen MR) is 64.1 cm³/mol. The average molecular weight is 261 g/mol. The smallest absolute Gasteiger partial charge is 0.142 e. The van der Waals surface area contributed by atoms with E-state index in [2.05, 4.69) is 5.92 Å². The van der Waals surface area contributed by atoms with E-state index in [9.17, 15) is 9.50 Å². The van der Waals surface area contributed by atoms with E-state index in [1.165, 1.54) is 6.07 Å². The Bertz CT molecular complexity index is 435. The molecule has 0 aromatic heterocycles. The predicted octanol–water partition coefficient (Wildman–Crippen LogP) is 3.75. The third kappa shape index (κ3) is 2.89. The van der Waals surface area contributed by atoms with Gasteiger partial charge in [0.1, 0.15) is 5.82 Å². The molecule has 1 aromatic rings. The van der Waals surface area contributed by atoms with Crippen LogP contribution in [0.4, 0.5) is 4.39 Å². The number of terminal acetylenes is 1. The maximum absolute atomic E-state index is 13.3. The third-order valence-electron chi connectivity index (χ3n) is 2.35. The fourth-order valence-electron chi connectivity index (χ4n) is 1.39. The van der Waals surface area contributed by atoms with Gasteiger partial charge in [0.25, 0.3) is 0 Å². The van der Waals surface area contributed by atoms with Crippen LogP contribution in [0.5, 0.6) is 0 Å². The van der Waals surface area contributed by atoms with Crippen LogP contribution in [0, 0.1) is 18.2 Å². The van der Waals surface area contributed by atoms with Crippen molar-refractivity contribution in [1.82, 2.24) is 0 Å². The number of rotatable bonds is 3. The van der Waals surface area contributed by atoms with Gasteiger partial charge >= 0.3 is 0 Å². The van der Waals surface area contributed by atoms with Gasteiger partial charge in [-0.15, -0.1) is 12.3 Å². The van der Waals surface area contributed by atoms with Crippen molar-refractivity contribution in [3.8, 4) is 12.3 Å². The van der Waals surface area contributed by atoms with Crippen molar-refractivity contribution >= 4 is 23.2 Å². The molecule has 1 unspecified atom stereocenters. The van der Waals surface area contributed by atoms with Crippen LogP contribution in [0.3, 0.4) is 0 Å². The molecule has 0 fully saturated rings. The topological polar surface area (TPSA) is 20.2 Å². The third-order valence-corrected chi connectivity index (χ3v) is 2.95. The van der Waals surface area contributed by atoms with E-state index in [1.54, 1.807) is 6.92 Å². The molecule has 0 spiro atoms. The zero-order chi connectivity index (χ0) is 12.3. The maximum atomic E-state index is 13.3. The normalized spacial score (nSPS) is 14.2. The van der Waals surface area contributed by atoms with Crippen LogP contribution in [-0.4, -0.2) is 5.11 Å². The van der Waals surface area contributed by atoms with Gasteiger partial charge in [0.15, 0.2) is 0 Å². The van der Waals surface area contributed by atoms with Crippen molar-refractivity contribution in [3.63, 3.8) is 0 Å². The average Bonchev–Trinajstić information content (AvgIpc) is 2.20. The summed E-state index contributed by atoms with van der Waals surface area (Å²) in [6.45, 7) is 1.54. The van der Waals surface area contributed by atoms with Gasteiger partial charge in [0, 0.05) is 17.0 Å². The molecule has 0 heterocycles. The molecule has 86 valence electrons. The second kappa shape index (κ2) is 5.05. The highest BCUT2D eigenvalue weighted by molar-refractivity contribution is 6.35. The van der Waals surface area contributed by atoms with Crippen molar-refractivity contribution in [2.24, 2.45) is 0 Å². The van der Waals surface area contributed by atoms with Crippen molar-refractivity contribution in [1.29, 1.82) is 0 Å². The lowest BCUT2D eigenvalue weighted by Gasteiger charge is -2.24. The molecule has 0 bridgehead atoms. The summed E-state index contributed by atoms with van der Waals surface area (Å²) in [6, 6.07) is 2.42. The summed E-state index contributed by atoms with van der Waals surface area (Å²) in [5.41, 5.74) is -0.958. The highest BCUT2D eigenvalue weighted by Crippen LogP contribution is 2.34. The van der Waals surface area contributed by atoms with Crippen molar-refractivity contribution < 1.29 is 9.50 Å². The second-order valence-electron chi connectivity index (χ2n) is 3.72. The Kier molecular flexibility index (Phi) is 4.21. The van der Waals surface area contributed by atoms with Crippen LogP contribution in [0.15, 0.2) is 12.1 Å². The fraction of sp³-hybridized carbons (Fsp3) is 0.333. The van der Waals surface area contributed by atoms with E-state index in [0.29, 0.717) is 18.4 Å². The monoisotopic (exact) mass is 260 g/mol. The summed E-state index contributed by atoms with van der Waals surface area (Å²) in [7, 11) is 0. The Balaban J connectivity index is 3.13.